The van der Waals surface area contributed by atoms with Crippen LogP contribution >= 0.6 is 0 Å². The van der Waals surface area contributed by atoms with E-state index in [-0.39, 0.29) is 0 Å². The number of pyridine rings is 1. The van der Waals surface area contributed by atoms with Crippen molar-refractivity contribution in [2.75, 3.05) is 20.1 Å². The summed E-state index contributed by atoms with van der Waals surface area (Å²) in [5.74, 6) is 2.33. The molecule has 2 aromatic heterocycles. The van der Waals surface area contributed by atoms with Gasteiger partial charge in [0.2, 0.25) is 0 Å². The monoisotopic (exact) mass is 258 g/mol. The number of nitrogens with zero attached hydrogens (tertiary/aromatic N) is 4. The summed E-state index contributed by atoms with van der Waals surface area (Å²) in [5.41, 5.74) is 2.07. The molecule has 0 aromatic carbocycles. The van der Waals surface area contributed by atoms with Crippen LogP contribution in [-0.2, 0) is 6.54 Å². The van der Waals surface area contributed by atoms with Crippen molar-refractivity contribution >= 4 is 11.2 Å². The van der Waals surface area contributed by atoms with E-state index in [4.69, 9.17) is 4.98 Å². The van der Waals surface area contributed by atoms with E-state index in [9.17, 15) is 0 Å². The molecule has 0 saturated carbocycles. The van der Waals surface area contributed by atoms with Crippen LogP contribution in [0.5, 0.6) is 0 Å². The molecule has 2 aromatic rings. The summed E-state index contributed by atoms with van der Waals surface area (Å²) in [7, 11) is 2.20. The molecule has 3 heterocycles. The van der Waals surface area contributed by atoms with E-state index in [0.29, 0.717) is 5.92 Å². The Morgan fingerprint density at radius 2 is 2.26 bits per heavy atom. The van der Waals surface area contributed by atoms with E-state index in [0.717, 1.165) is 23.6 Å². The summed E-state index contributed by atoms with van der Waals surface area (Å²) in [6.07, 6.45) is 3.14. The fourth-order valence-electron chi connectivity index (χ4n) is 3.03. The van der Waals surface area contributed by atoms with Crippen LogP contribution in [0.25, 0.3) is 11.2 Å². The van der Waals surface area contributed by atoms with E-state index in [1.807, 2.05) is 12.3 Å². The van der Waals surface area contributed by atoms with Crippen molar-refractivity contribution in [1.29, 1.82) is 0 Å². The predicted molar refractivity (Wildman–Crippen MR) is 77.2 cm³/mol. The first-order valence-corrected chi connectivity index (χ1v) is 7.15. The largest absolute Gasteiger partial charge is 0.312 e. The summed E-state index contributed by atoms with van der Waals surface area (Å²) in [6, 6.07) is 4.03. The Hall–Kier alpha value is -1.42. The van der Waals surface area contributed by atoms with Gasteiger partial charge in [0.15, 0.2) is 5.65 Å². The van der Waals surface area contributed by atoms with Crippen LogP contribution in [0.1, 0.15) is 32.0 Å². The zero-order valence-electron chi connectivity index (χ0n) is 12.0. The first-order valence-electron chi connectivity index (χ1n) is 7.15. The van der Waals surface area contributed by atoms with Crippen molar-refractivity contribution in [2.24, 2.45) is 5.92 Å². The minimum atomic E-state index is 0.438. The van der Waals surface area contributed by atoms with Crippen LogP contribution < -0.4 is 0 Å². The molecule has 4 heteroatoms. The highest BCUT2D eigenvalue weighted by Crippen LogP contribution is 2.24. The third-order valence-electron chi connectivity index (χ3n) is 3.98. The van der Waals surface area contributed by atoms with Crippen molar-refractivity contribution in [3.8, 4) is 0 Å². The Kier molecular flexibility index (Phi) is 3.27. The molecule has 3 rings (SSSR count). The Balaban J connectivity index is 1.98. The lowest BCUT2D eigenvalue weighted by Gasteiger charge is -2.15. The number of imidazole rings is 1. The summed E-state index contributed by atoms with van der Waals surface area (Å²) in [4.78, 5) is 11.7. The lowest BCUT2D eigenvalue weighted by Crippen LogP contribution is -2.18. The topological polar surface area (TPSA) is 34.0 Å². The minimum absolute atomic E-state index is 0.438. The van der Waals surface area contributed by atoms with Gasteiger partial charge in [0.05, 0.1) is 0 Å². The third-order valence-corrected chi connectivity index (χ3v) is 3.98. The van der Waals surface area contributed by atoms with E-state index in [1.54, 1.807) is 0 Å². The zero-order valence-corrected chi connectivity index (χ0v) is 12.0. The second-order valence-electron chi connectivity index (χ2n) is 6.00. The molecular formula is C15H22N4. The van der Waals surface area contributed by atoms with Gasteiger partial charge in [-0.2, -0.15) is 0 Å². The minimum Gasteiger partial charge on any atom is -0.312 e. The maximum atomic E-state index is 4.76. The molecule has 0 N–H and O–H groups in total. The van der Waals surface area contributed by atoms with Crippen LogP contribution in [0.2, 0.25) is 0 Å². The van der Waals surface area contributed by atoms with E-state index < -0.39 is 0 Å². The second-order valence-corrected chi connectivity index (χ2v) is 6.00. The van der Waals surface area contributed by atoms with Crippen LogP contribution in [0.3, 0.4) is 0 Å². The van der Waals surface area contributed by atoms with Crippen molar-refractivity contribution in [1.82, 2.24) is 19.4 Å². The Morgan fingerprint density at radius 3 is 2.95 bits per heavy atom. The molecule has 19 heavy (non-hydrogen) atoms. The third kappa shape index (κ3) is 2.37. The van der Waals surface area contributed by atoms with Crippen LogP contribution in [0.15, 0.2) is 18.3 Å². The number of fused-ring (bicyclic) bond motifs is 1. The first-order chi connectivity index (χ1) is 9.15. The fourth-order valence-corrected chi connectivity index (χ4v) is 3.03. The molecule has 0 spiro atoms. The second kappa shape index (κ2) is 4.93. The normalized spacial score (nSPS) is 20.7. The molecule has 0 radical (unpaired) electrons. The molecule has 4 nitrogen and oxygen atoms in total. The Morgan fingerprint density at radius 1 is 1.42 bits per heavy atom. The lowest BCUT2D eigenvalue weighted by molar-refractivity contribution is 0.376. The Bertz CT molecular complexity index is 573. The number of hydrogen-bond donors (Lipinski definition) is 0. The van der Waals surface area contributed by atoms with Gasteiger partial charge in [-0.25, -0.2) is 9.97 Å². The summed E-state index contributed by atoms with van der Waals surface area (Å²) in [5, 5.41) is 0. The maximum Gasteiger partial charge on any atom is 0.160 e. The highest BCUT2D eigenvalue weighted by molar-refractivity contribution is 5.71. The molecule has 102 valence electrons. The lowest BCUT2D eigenvalue weighted by atomic mass is 10.1. The standard InChI is InChI=1S/C15H22N4/c1-11(2)14-17-13-5-4-7-16-15(13)19(14)10-12-6-8-18(3)9-12/h4-5,7,11-12H,6,8-10H2,1-3H3. The molecule has 1 saturated heterocycles. The number of likely N-dealkylation sites (tertiary alicyclic amines) is 1. The molecule has 1 atom stereocenters. The highest BCUT2D eigenvalue weighted by atomic mass is 15.2. The van der Waals surface area contributed by atoms with Crippen LogP contribution in [-0.4, -0.2) is 39.6 Å². The SMILES string of the molecule is CC(C)c1nc2cccnc2n1CC1CCN(C)C1. The number of aromatic nitrogens is 3. The molecule has 1 aliphatic rings. The molecule has 0 aliphatic carbocycles. The molecule has 0 bridgehead atoms. The Labute approximate surface area is 114 Å². The zero-order chi connectivity index (χ0) is 13.4. The first kappa shape index (κ1) is 12.6. The number of hydrogen-bond acceptors (Lipinski definition) is 3. The van der Waals surface area contributed by atoms with Gasteiger partial charge in [-0.05, 0) is 38.1 Å². The van der Waals surface area contributed by atoms with Gasteiger partial charge in [-0.15, -0.1) is 0 Å². The quantitative estimate of drug-likeness (QED) is 0.848. The van der Waals surface area contributed by atoms with Crippen molar-refractivity contribution in [3.63, 3.8) is 0 Å². The van der Waals surface area contributed by atoms with Crippen molar-refractivity contribution in [2.45, 2.75) is 32.7 Å². The van der Waals surface area contributed by atoms with Gasteiger partial charge in [-0.3, -0.25) is 0 Å². The average molecular weight is 258 g/mol. The molecular weight excluding hydrogens is 236 g/mol. The van der Waals surface area contributed by atoms with Gasteiger partial charge in [0, 0.05) is 25.2 Å². The van der Waals surface area contributed by atoms with Crippen LogP contribution in [0, 0.1) is 5.92 Å². The maximum absolute atomic E-state index is 4.76. The molecule has 1 aliphatic heterocycles. The van der Waals surface area contributed by atoms with E-state index in [1.165, 1.54) is 25.3 Å². The van der Waals surface area contributed by atoms with Gasteiger partial charge in [0.1, 0.15) is 11.3 Å². The summed E-state index contributed by atoms with van der Waals surface area (Å²) < 4.78 is 2.34. The van der Waals surface area contributed by atoms with E-state index >= 15 is 0 Å². The molecule has 0 amide bonds. The molecule has 1 fully saturated rings. The van der Waals surface area contributed by atoms with Crippen molar-refractivity contribution < 1.29 is 0 Å². The summed E-state index contributed by atoms with van der Waals surface area (Å²) >= 11 is 0. The average Bonchev–Trinajstić information content (AvgIpc) is 2.95. The van der Waals surface area contributed by atoms with E-state index in [2.05, 4.69) is 41.4 Å². The van der Waals surface area contributed by atoms with Gasteiger partial charge < -0.3 is 9.47 Å². The van der Waals surface area contributed by atoms with Gasteiger partial charge in [-0.1, -0.05) is 13.8 Å². The highest BCUT2D eigenvalue weighted by Gasteiger charge is 2.23. The number of rotatable bonds is 3. The predicted octanol–water partition coefficient (Wildman–Crippen LogP) is 2.51. The van der Waals surface area contributed by atoms with Gasteiger partial charge >= 0.3 is 0 Å². The van der Waals surface area contributed by atoms with Gasteiger partial charge in [0.25, 0.3) is 0 Å². The van der Waals surface area contributed by atoms with Crippen molar-refractivity contribution in [3.05, 3.63) is 24.2 Å². The summed E-state index contributed by atoms with van der Waals surface area (Å²) in [6.45, 7) is 7.86. The fraction of sp³-hybridized carbons (Fsp3) is 0.600. The smallest absolute Gasteiger partial charge is 0.160 e. The molecule has 1 unspecified atom stereocenters. The van der Waals surface area contributed by atoms with Crippen LogP contribution in [0.4, 0.5) is 0 Å².